The molecule has 0 aromatic heterocycles. The van der Waals surface area contributed by atoms with Crippen LogP contribution in [0.2, 0.25) is 0 Å². The highest BCUT2D eigenvalue weighted by atomic mass is 16.5. The Morgan fingerprint density at radius 2 is 1.47 bits per heavy atom. The van der Waals surface area contributed by atoms with Crippen LogP contribution in [0.1, 0.15) is 21.5 Å². The Balaban J connectivity index is 1.92. The number of phenolic OH excluding ortho intramolecular Hbond substituents is 1. The average Bonchev–Trinajstić information content (AvgIpc) is 2.88. The maximum absolute atomic E-state index is 12.3. The lowest BCUT2D eigenvalue weighted by Gasteiger charge is -2.13. The lowest BCUT2D eigenvalue weighted by atomic mass is 10.1. The summed E-state index contributed by atoms with van der Waals surface area (Å²) in [6.45, 7) is 0. The summed E-state index contributed by atoms with van der Waals surface area (Å²) in [7, 11) is 6.12. The third-order valence-electron chi connectivity index (χ3n) is 5.06. The van der Waals surface area contributed by atoms with Crippen LogP contribution >= 0.6 is 0 Å². The molecule has 0 radical (unpaired) electrons. The van der Waals surface area contributed by atoms with Gasteiger partial charge in [0.25, 0.3) is 0 Å². The van der Waals surface area contributed by atoms with E-state index in [9.17, 15) is 9.90 Å². The highest BCUT2D eigenvalue weighted by Gasteiger charge is 2.14. The molecule has 0 fully saturated rings. The molecule has 34 heavy (non-hydrogen) atoms. The molecule has 0 atom stereocenters. The number of benzene rings is 3. The molecule has 0 aliphatic heterocycles. The first-order chi connectivity index (χ1) is 16.5. The van der Waals surface area contributed by atoms with Gasteiger partial charge in [-0.1, -0.05) is 42.5 Å². The van der Waals surface area contributed by atoms with Crippen LogP contribution in [0.4, 0.5) is 5.69 Å². The van der Waals surface area contributed by atoms with E-state index in [4.69, 9.17) is 18.9 Å². The van der Waals surface area contributed by atoms with Crippen LogP contribution in [-0.2, 0) is 0 Å². The summed E-state index contributed by atoms with van der Waals surface area (Å²) in [5.74, 6) is 1.62. The lowest BCUT2D eigenvalue weighted by Crippen LogP contribution is -1.98. The molecule has 7 nitrogen and oxygen atoms in total. The van der Waals surface area contributed by atoms with E-state index in [0.717, 1.165) is 5.56 Å². The summed E-state index contributed by atoms with van der Waals surface area (Å²) in [6.07, 6.45) is 6.55. The van der Waals surface area contributed by atoms with Gasteiger partial charge in [-0.25, -0.2) is 0 Å². The number of phenols is 1. The van der Waals surface area contributed by atoms with Gasteiger partial charge in [-0.3, -0.25) is 4.79 Å². The molecule has 0 aliphatic rings. The van der Waals surface area contributed by atoms with E-state index in [0.29, 0.717) is 39.8 Å². The van der Waals surface area contributed by atoms with Gasteiger partial charge in [-0.15, -0.1) is 0 Å². The highest BCUT2D eigenvalue weighted by Crippen LogP contribution is 2.40. The molecule has 0 bridgehead atoms. The molecule has 3 rings (SSSR count). The quantitative estimate of drug-likeness (QED) is 0.181. The van der Waals surface area contributed by atoms with Gasteiger partial charge >= 0.3 is 0 Å². The Kier molecular flexibility index (Phi) is 8.18. The zero-order chi connectivity index (χ0) is 24.5. The van der Waals surface area contributed by atoms with Crippen molar-refractivity contribution in [1.29, 1.82) is 0 Å². The molecule has 3 aromatic carbocycles. The zero-order valence-electron chi connectivity index (χ0n) is 19.5. The second kappa shape index (κ2) is 11.5. The van der Waals surface area contributed by atoms with Crippen molar-refractivity contribution in [3.63, 3.8) is 0 Å². The van der Waals surface area contributed by atoms with Crippen LogP contribution in [0.15, 0.2) is 66.9 Å². The first-order valence-electron chi connectivity index (χ1n) is 10.4. The molecule has 2 N–H and O–H groups in total. The highest BCUT2D eigenvalue weighted by molar-refractivity contribution is 6.04. The van der Waals surface area contributed by atoms with E-state index < -0.39 is 0 Å². The van der Waals surface area contributed by atoms with E-state index in [-0.39, 0.29) is 11.5 Å². The third-order valence-corrected chi connectivity index (χ3v) is 5.06. The van der Waals surface area contributed by atoms with E-state index in [1.54, 1.807) is 57.7 Å². The minimum atomic E-state index is -0.162. The number of ether oxygens (including phenoxy) is 4. The zero-order valence-corrected chi connectivity index (χ0v) is 19.5. The summed E-state index contributed by atoms with van der Waals surface area (Å²) in [4.78, 5) is 12.3. The topological polar surface area (TPSA) is 86.3 Å². The van der Waals surface area contributed by atoms with E-state index in [2.05, 4.69) is 5.32 Å². The Morgan fingerprint density at radius 1 is 0.824 bits per heavy atom. The standard InChI is InChI=1S/C27H27NO6/c1-31-22-13-12-20(11-10-18-16-23(32-2)27(34-4)24(17-18)33-3)25(26(22)30)28-15-14-21(29)19-8-6-5-7-9-19/h5-17,28,30H,1-4H3/b11-10?,15-14-. The van der Waals surface area contributed by atoms with Crippen molar-refractivity contribution >= 4 is 23.6 Å². The fourth-order valence-corrected chi connectivity index (χ4v) is 3.33. The van der Waals surface area contributed by atoms with E-state index >= 15 is 0 Å². The fraction of sp³-hybridized carbons (Fsp3) is 0.148. The second-order valence-electron chi connectivity index (χ2n) is 7.08. The summed E-state index contributed by atoms with van der Waals surface area (Å²) < 4.78 is 21.4. The normalized spacial score (nSPS) is 10.9. The van der Waals surface area contributed by atoms with Gasteiger partial charge < -0.3 is 29.4 Å². The molecule has 0 unspecified atom stereocenters. The maximum atomic E-state index is 12.3. The third kappa shape index (κ3) is 5.50. The van der Waals surface area contributed by atoms with Gasteiger partial charge in [-0.2, -0.15) is 0 Å². The molecular weight excluding hydrogens is 434 g/mol. The van der Waals surface area contributed by atoms with Crippen LogP contribution in [-0.4, -0.2) is 39.3 Å². The Labute approximate surface area is 198 Å². The molecule has 0 spiro atoms. The molecule has 0 saturated heterocycles. The van der Waals surface area contributed by atoms with E-state index in [1.165, 1.54) is 19.4 Å². The molecule has 3 aromatic rings. The van der Waals surface area contributed by atoms with Gasteiger partial charge in [0.15, 0.2) is 28.8 Å². The Bertz CT molecular complexity index is 1180. The number of methoxy groups -OCH3 is 4. The lowest BCUT2D eigenvalue weighted by molar-refractivity contribution is 0.104. The van der Waals surface area contributed by atoms with Gasteiger partial charge in [-0.05, 0) is 29.8 Å². The summed E-state index contributed by atoms with van der Waals surface area (Å²) in [6, 6.07) is 16.0. The van der Waals surface area contributed by atoms with Crippen LogP contribution in [0, 0.1) is 0 Å². The van der Waals surface area contributed by atoms with Gasteiger partial charge in [0.1, 0.15) is 0 Å². The van der Waals surface area contributed by atoms with Crippen molar-refractivity contribution in [2.45, 2.75) is 0 Å². The Hall–Kier alpha value is -4.39. The molecule has 176 valence electrons. The minimum Gasteiger partial charge on any atom is -0.503 e. The second-order valence-corrected chi connectivity index (χ2v) is 7.08. The molecule has 7 heteroatoms. The number of rotatable bonds is 10. The van der Waals surface area contributed by atoms with Crippen molar-refractivity contribution < 1.29 is 28.8 Å². The van der Waals surface area contributed by atoms with E-state index in [1.807, 2.05) is 30.4 Å². The predicted octanol–water partition coefficient (Wildman–Crippen LogP) is 5.41. The van der Waals surface area contributed by atoms with Crippen LogP contribution in [0.5, 0.6) is 28.7 Å². The van der Waals surface area contributed by atoms with Crippen molar-refractivity contribution in [3.8, 4) is 28.7 Å². The number of anilines is 1. The number of allylic oxidation sites excluding steroid dienone is 1. The first-order valence-corrected chi connectivity index (χ1v) is 10.4. The number of hydrogen-bond acceptors (Lipinski definition) is 7. The van der Waals surface area contributed by atoms with Crippen LogP contribution in [0.3, 0.4) is 0 Å². The van der Waals surface area contributed by atoms with Crippen molar-refractivity contribution in [3.05, 3.63) is 83.6 Å². The number of ketones is 1. The first kappa shape index (κ1) is 24.3. The number of carbonyl (C=O) groups is 1. The molecule has 0 amide bonds. The Morgan fingerprint density at radius 3 is 2.06 bits per heavy atom. The SMILES string of the molecule is COc1ccc(C=Cc2cc(OC)c(OC)c(OC)c2)c(N/C=C\C(=O)c2ccccc2)c1O. The molecule has 0 saturated carbocycles. The largest absolute Gasteiger partial charge is 0.503 e. The number of aromatic hydroxyl groups is 1. The summed E-state index contributed by atoms with van der Waals surface area (Å²) in [5.41, 5.74) is 2.42. The predicted molar refractivity (Wildman–Crippen MR) is 133 cm³/mol. The van der Waals surface area contributed by atoms with Gasteiger partial charge in [0.05, 0.1) is 34.1 Å². The molecular formula is C27H27NO6. The van der Waals surface area contributed by atoms with Gasteiger partial charge in [0.2, 0.25) is 5.75 Å². The van der Waals surface area contributed by atoms with Crippen LogP contribution in [0.25, 0.3) is 12.2 Å². The van der Waals surface area contributed by atoms with Crippen molar-refractivity contribution in [2.24, 2.45) is 0 Å². The smallest absolute Gasteiger partial charge is 0.203 e. The molecule has 0 heterocycles. The minimum absolute atomic E-state index is 0.0775. The molecule has 0 aliphatic carbocycles. The number of carbonyl (C=O) groups excluding carboxylic acids is 1. The monoisotopic (exact) mass is 461 g/mol. The fourth-order valence-electron chi connectivity index (χ4n) is 3.33. The summed E-state index contributed by atoms with van der Waals surface area (Å²) in [5, 5.41) is 13.7. The average molecular weight is 462 g/mol. The van der Waals surface area contributed by atoms with Crippen molar-refractivity contribution in [1.82, 2.24) is 0 Å². The summed E-state index contributed by atoms with van der Waals surface area (Å²) >= 11 is 0. The van der Waals surface area contributed by atoms with Crippen molar-refractivity contribution in [2.75, 3.05) is 33.8 Å². The number of hydrogen-bond donors (Lipinski definition) is 2. The number of nitrogens with one attached hydrogen (secondary N) is 1. The van der Waals surface area contributed by atoms with Crippen LogP contribution < -0.4 is 24.3 Å². The van der Waals surface area contributed by atoms with Gasteiger partial charge in [0, 0.05) is 23.4 Å². The maximum Gasteiger partial charge on any atom is 0.203 e.